The molecule has 7 heteroatoms. The quantitative estimate of drug-likeness (QED) is 0.805. The van der Waals surface area contributed by atoms with Crippen molar-refractivity contribution < 1.29 is 19.1 Å². The molecule has 27 heavy (non-hydrogen) atoms. The first-order valence-electron chi connectivity index (χ1n) is 8.59. The van der Waals surface area contributed by atoms with E-state index in [1.165, 1.54) is 11.0 Å². The number of anilines is 2. The van der Waals surface area contributed by atoms with E-state index in [-0.39, 0.29) is 18.4 Å². The number of carbonyl (C=O) groups excluding carboxylic acids is 2. The van der Waals surface area contributed by atoms with E-state index in [0.717, 1.165) is 6.42 Å². The van der Waals surface area contributed by atoms with Gasteiger partial charge in [0, 0.05) is 12.5 Å². The van der Waals surface area contributed by atoms with Crippen molar-refractivity contribution in [1.29, 1.82) is 0 Å². The number of ether oxygens (including phenoxy) is 2. The minimum Gasteiger partial charge on any atom is -0.489 e. The van der Waals surface area contributed by atoms with Crippen LogP contribution in [0.15, 0.2) is 42.5 Å². The molecule has 2 heterocycles. The van der Waals surface area contributed by atoms with Gasteiger partial charge in [-0.05, 0) is 35.9 Å². The van der Waals surface area contributed by atoms with E-state index in [4.69, 9.17) is 21.1 Å². The highest BCUT2D eigenvalue weighted by molar-refractivity contribution is 6.32. The van der Waals surface area contributed by atoms with Gasteiger partial charge in [-0.25, -0.2) is 0 Å². The lowest BCUT2D eigenvalue weighted by atomic mass is 10.1. The number of amides is 2. The third kappa shape index (κ3) is 3.61. The molecule has 0 saturated heterocycles. The molecule has 2 aliphatic rings. The summed E-state index contributed by atoms with van der Waals surface area (Å²) in [5, 5.41) is 3.20. The molecule has 1 N–H and O–H groups in total. The number of rotatable bonds is 2. The number of fused-ring (bicyclic) bond motifs is 2. The van der Waals surface area contributed by atoms with Crippen molar-refractivity contribution in [2.24, 2.45) is 0 Å². The summed E-state index contributed by atoms with van der Waals surface area (Å²) >= 11 is 6.28. The third-order valence-corrected chi connectivity index (χ3v) is 4.56. The van der Waals surface area contributed by atoms with Gasteiger partial charge in [0.05, 0.1) is 29.6 Å². The first kappa shape index (κ1) is 17.4. The monoisotopic (exact) mass is 384 g/mol. The van der Waals surface area contributed by atoms with E-state index in [9.17, 15) is 9.59 Å². The number of nitrogens with one attached hydrogen (secondary N) is 1. The maximum absolute atomic E-state index is 12.7. The molecule has 4 rings (SSSR count). The summed E-state index contributed by atoms with van der Waals surface area (Å²) in [4.78, 5) is 26.0. The Morgan fingerprint density at radius 2 is 2.00 bits per heavy atom. The van der Waals surface area contributed by atoms with Crippen molar-refractivity contribution >= 4 is 40.9 Å². The second-order valence-electron chi connectivity index (χ2n) is 6.20. The number of benzene rings is 2. The van der Waals surface area contributed by atoms with Crippen LogP contribution in [0.5, 0.6) is 11.5 Å². The lowest BCUT2D eigenvalue weighted by Crippen LogP contribution is -2.41. The zero-order valence-corrected chi connectivity index (χ0v) is 15.2. The Labute approximate surface area is 161 Å². The summed E-state index contributed by atoms with van der Waals surface area (Å²) in [5.41, 5.74) is 2.00. The summed E-state index contributed by atoms with van der Waals surface area (Å²) in [5.74, 6) is 0.573. The van der Waals surface area contributed by atoms with E-state index in [0.29, 0.717) is 46.7 Å². The van der Waals surface area contributed by atoms with E-state index in [1.54, 1.807) is 30.3 Å². The normalized spacial score (nSPS) is 15.9. The van der Waals surface area contributed by atoms with Crippen LogP contribution in [0.4, 0.5) is 11.4 Å². The Hall–Kier alpha value is -2.99. The first-order chi connectivity index (χ1) is 13.1. The molecule has 2 aromatic rings. The van der Waals surface area contributed by atoms with Gasteiger partial charge in [-0.2, -0.15) is 0 Å². The summed E-state index contributed by atoms with van der Waals surface area (Å²) < 4.78 is 11.3. The number of halogens is 1. The number of carbonyl (C=O) groups is 2. The van der Waals surface area contributed by atoms with Gasteiger partial charge in [-0.15, -0.1) is 0 Å². The Balaban J connectivity index is 1.58. The molecule has 2 aromatic carbocycles. The van der Waals surface area contributed by atoms with Gasteiger partial charge in [-0.1, -0.05) is 23.7 Å². The second kappa shape index (κ2) is 7.32. The lowest BCUT2D eigenvalue weighted by molar-refractivity contribution is -0.119. The summed E-state index contributed by atoms with van der Waals surface area (Å²) in [7, 11) is 0. The molecular formula is C20H17ClN2O4. The SMILES string of the molecule is O=C1CN(C(=O)C=Cc2cc(Cl)c3c(c2)OCCCO3)c2ccccc2N1. The minimum absolute atomic E-state index is 0.0257. The maximum Gasteiger partial charge on any atom is 0.251 e. The Bertz CT molecular complexity index is 942. The molecule has 0 atom stereocenters. The van der Waals surface area contributed by atoms with Crippen molar-refractivity contribution in [3.05, 3.63) is 53.1 Å². The average Bonchev–Trinajstić information content (AvgIpc) is 2.91. The van der Waals surface area contributed by atoms with Crippen molar-refractivity contribution in [2.75, 3.05) is 30.0 Å². The van der Waals surface area contributed by atoms with Gasteiger partial charge in [0.1, 0.15) is 6.54 Å². The van der Waals surface area contributed by atoms with Crippen LogP contribution in [0.25, 0.3) is 6.08 Å². The minimum atomic E-state index is -0.291. The van der Waals surface area contributed by atoms with Crippen LogP contribution in [0, 0.1) is 0 Å². The predicted molar refractivity (Wildman–Crippen MR) is 104 cm³/mol. The molecule has 0 fully saturated rings. The molecule has 0 unspecified atom stereocenters. The first-order valence-corrected chi connectivity index (χ1v) is 8.97. The summed E-state index contributed by atoms with van der Waals surface area (Å²) in [6.45, 7) is 1.08. The molecule has 2 amide bonds. The van der Waals surface area contributed by atoms with Gasteiger partial charge in [0.25, 0.3) is 5.91 Å². The van der Waals surface area contributed by atoms with Crippen LogP contribution in [-0.4, -0.2) is 31.6 Å². The number of hydrogen-bond acceptors (Lipinski definition) is 4. The fourth-order valence-corrected chi connectivity index (χ4v) is 3.31. The molecule has 0 radical (unpaired) electrons. The maximum atomic E-state index is 12.7. The second-order valence-corrected chi connectivity index (χ2v) is 6.61. The van der Waals surface area contributed by atoms with Crippen molar-refractivity contribution in [3.8, 4) is 11.5 Å². The van der Waals surface area contributed by atoms with Crippen molar-refractivity contribution in [2.45, 2.75) is 6.42 Å². The third-order valence-electron chi connectivity index (χ3n) is 4.28. The van der Waals surface area contributed by atoms with Crippen LogP contribution in [-0.2, 0) is 9.59 Å². The standard InChI is InChI=1S/C20H17ClN2O4/c21-14-10-13(11-17-20(14)27-9-3-8-26-17)6-7-19(25)23-12-18(24)22-15-4-1-2-5-16(15)23/h1-2,4-7,10-11H,3,8-9,12H2,(H,22,24). The Kier molecular flexibility index (Phi) is 4.73. The lowest BCUT2D eigenvalue weighted by Gasteiger charge is -2.28. The highest BCUT2D eigenvalue weighted by Gasteiger charge is 2.25. The van der Waals surface area contributed by atoms with Gasteiger partial charge in [0.2, 0.25) is 5.91 Å². The fraction of sp³-hybridized carbons (Fsp3) is 0.200. The van der Waals surface area contributed by atoms with Crippen molar-refractivity contribution in [1.82, 2.24) is 0 Å². The molecule has 2 aliphatic heterocycles. The van der Waals surface area contributed by atoms with E-state index in [1.807, 2.05) is 12.1 Å². The number of para-hydroxylation sites is 2. The van der Waals surface area contributed by atoms with Crippen LogP contribution in [0.3, 0.4) is 0 Å². The topological polar surface area (TPSA) is 67.9 Å². The summed E-state index contributed by atoms with van der Waals surface area (Å²) in [6, 6.07) is 10.7. The van der Waals surface area contributed by atoms with Crippen LogP contribution in [0.1, 0.15) is 12.0 Å². The van der Waals surface area contributed by atoms with E-state index in [2.05, 4.69) is 5.32 Å². The largest absolute Gasteiger partial charge is 0.489 e. The van der Waals surface area contributed by atoms with Crippen LogP contribution < -0.4 is 19.7 Å². The zero-order valence-electron chi connectivity index (χ0n) is 14.4. The van der Waals surface area contributed by atoms with E-state index >= 15 is 0 Å². The van der Waals surface area contributed by atoms with Gasteiger partial charge in [-0.3, -0.25) is 14.5 Å². The molecule has 0 aliphatic carbocycles. The summed E-state index contributed by atoms with van der Waals surface area (Å²) in [6.07, 6.45) is 3.86. The van der Waals surface area contributed by atoms with Gasteiger partial charge in [0.15, 0.2) is 11.5 Å². The zero-order chi connectivity index (χ0) is 18.8. The molecule has 0 aromatic heterocycles. The molecule has 0 spiro atoms. The molecular weight excluding hydrogens is 368 g/mol. The Morgan fingerprint density at radius 1 is 1.19 bits per heavy atom. The van der Waals surface area contributed by atoms with Crippen molar-refractivity contribution in [3.63, 3.8) is 0 Å². The van der Waals surface area contributed by atoms with Crippen LogP contribution in [0.2, 0.25) is 5.02 Å². The fourth-order valence-electron chi connectivity index (χ4n) is 3.03. The average molecular weight is 385 g/mol. The highest BCUT2D eigenvalue weighted by Crippen LogP contribution is 2.38. The number of nitrogens with zero attached hydrogens (tertiary/aromatic N) is 1. The molecule has 0 bridgehead atoms. The smallest absolute Gasteiger partial charge is 0.251 e. The Morgan fingerprint density at radius 3 is 2.89 bits per heavy atom. The van der Waals surface area contributed by atoms with Gasteiger partial charge >= 0.3 is 0 Å². The van der Waals surface area contributed by atoms with Gasteiger partial charge < -0.3 is 14.8 Å². The highest BCUT2D eigenvalue weighted by atomic mass is 35.5. The van der Waals surface area contributed by atoms with E-state index < -0.39 is 0 Å². The predicted octanol–water partition coefficient (Wildman–Crippen LogP) is 3.50. The molecule has 138 valence electrons. The number of hydrogen-bond donors (Lipinski definition) is 1. The molecule has 6 nitrogen and oxygen atoms in total. The molecule has 0 saturated carbocycles. The van der Waals surface area contributed by atoms with Crippen LogP contribution >= 0.6 is 11.6 Å².